The Morgan fingerprint density at radius 1 is 1.11 bits per heavy atom. The van der Waals surface area contributed by atoms with Crippen LogP contribution in [-0.2, 0) is 6.42 Å². The number of nitrogens with zero attached hydrogens (tertiary/aromatic N) is 1. The maximum absolute atomic E-state index is 3.69. The van der Waals surface area contributed by atoms with Gasteiger partial charge in [-0.1, -0.05) is 30.3 Å². The van der Waals surface area contributed by atoms with Crippen molar-refractivity contribution < 1.29 is 0 Å². The maximum Gasteiger partial charge on any atom is 0.0249 e. The summed E-state index contributed by atoms with van der Waals surface area (Å²) in [5, 5.41) is 3.69. The number of benzene rings is 1. The standard InChI is InChI=1S/C17H26N2/c1-2-7-15(8-3-1)9-5-13-19-14-6-11-17(19)16-10-4-12-18-16/h1-3,7-8,16-18H,4-6,9-14H2. The normalized spacial score (nSPS) is 28.0. The Morgan fingerprint density at radius 3 is 2.79 bits per heavy atom. The van der Waals surface area contributed by atoms with Crippen molar-refractivity contribution in [2.24, 2.45) is 0 Å². The monoisotopic (exact) mass is 258 g/mol. The van der Waals surface area contributed by atoms with Gasteiger partial charge in [-0.2, -0.15) is 0 Å². The second-order valence-corrected chi connectivity index (χ2v) is 6.04. The largest absolute Gasteiger partial charge is 0.312 e. The van der Waals surface area contributed by atoms with Crippen molar-refractivity contribution in [2.45, 2.75) is 50.6 Å². The van der Waals surface area contributed by atoms with Crippen molar-refractivity contribution in [3.05, 3.63) is 35.9 Å². The molecule has 3 rings (SSSR count). The fourth-order valence-corrected chi connectivity index (χ4v) is 3.76. The lowest BCUT2D eigenvalue weighted by atomic mass is 10.0. The summed E-state index contributed by atoms with van der Waals surface area (Å²) in [5.74, 6) is 0. The summed E-state index contributed by atoms with van der Waals surface area (Å²) in [7, 11) is 0. The summed E-state index contributed by atoms with van der Waals surface area (Å²) in [6.45, 7) is 3.83. The zero-order chi connectivity index (χ0) is 12.9. The Bertz CT molecular complexity index is 370. The van der Waals surface area contributed by atoms with Gasteiger partial charge >= 0.3 is 0 Å². The third kappa shape index (κ3) is 3.37. The van der Waals surface area contributed by atoms with Gasteiger partial charge in [0.1, 0.15) is 0 Å². The average molecular weight is 258 g/mol. The van der Waals surface area contributed by atoms with E-state index in [-0.39, 0.29) is 0 Å². The first-order chi connectivity index (χ1) is 9.43. The number of likely N-dealkylation sites (tertiary alicyclic amines) is 1. The van der Waals surface area contributed by atoms with Gasteiger partial charge < -0.3 is 5.32 Å². The van der Waals surface area contributed by atoms with Crippen LogP contribution in [0.25, 0.3) is 0 Å². The SMILES string of the molecule is c1ccc(CCCN2CCCC2C2CCCN2)cc1. The lowest BCUT2D eigenvalue weighted by Crippen LogP contribution is -2.44. The van der Waals surface area contributed by atoms with Gasteiger partial charge in [-0.25, -0.2) is 0 Å². The minimum absolute atomic E-state index is 0.777. The number of aryl methyl sites for hydroxylation is 1. The quantitative estimate of drug-likeness (QED) is 0.873. The number of rotatable bonds is 5. The van der Waals surface area contributed by atoms with Crippen molar-refractivity contribution in [2.75, 3.05) is 19.6 Å². The van der Waals surface area contributed by atoms with Crippen molar-refractivity contribution >= 4 is 0 Å². The summed E-state index contributed by atoms with van der Waals surface area (Å²) in [5.41, 5.74) is 1.48. The molecule has 2 heteroatoms. The van der Waals surface area contributed by atoms with Gasteiger partial charge in [0, 0.05) is 12.1 Å². The molecule has 19 heavy (non-hydrogen) atoms. The highest BCUT2D eigenvalue weighted by Crippen LogP contribution is 2.25. The molecule has 0 aromatic heterocycles. The first kappa shape index (κ1) is 13.1. The predicted molar refractivity (Wildman–Crippen MR) is 80.4 cm³/mol. The van der Waals surface area contributed by atoms with Crippen LogP contribution in [0.2, 0.25) is 0 Å². The molecule has 2 aliphatic rings. The van der Waals surface area contributed by atoms with Crippen molar-refractivity contribution in [3.8, 4) is 0 Å². The summed E-state index contributed by atoms with van der Waals surface area (Å²) < 4.78 is 0. The number of nitrogens with one attached hydrogen (secondary N) is 1. The molecule has 0 spiro atoms. The van der Waals surface area contributed by atoms with E-state index in [1.165, 1.54) is 63.7 Å². The highest BCUT2D eigenvalue weighted by atomic mass is 15.2. The first-order valence-electron chi connectivity index (χ1n) is 7.95. The Labute approximate surface area is 117 Å². The van der Waals surface area contributed by atoms with Crippen LogP contribution in [0.5, 0.6) is 0 Å². The van der Waals surface area contributed by atoms with E-state index in [1.807, 2.05) is 0 Å². The van der Waals surface area contributed by atoms with Gasteiger partial charge in [-0.05, 0) is 63.7 Å². The van der Waals surface area contributed by atoms with E-state index in [2.05, 4.69) is 40.5 Å². The summed E-state index contributed by atoms with van der Waals surface area (Å²) >= 11 is 0. The van der Waals surface area contributed by atoms with E-state index in [1.54, 1.807) is 0 Å². The smallest absolute Gasteiger partial charge is 0.0249 e. The summed E-state index contributed by atoms with van der Waals surface area (Å²) in [6, 6.07) is 12.5. The van der Waals surface area contributed by atoms with Crippen molar-refractivity contribution in [1.29, 1.82) is 0 Å². The van der Waals surface area contributed by atoms with E-state index < -0.39 is 0 Å². The molecule has 2 fully saturated rings. The molecule has 1 aromatic rings. The molecular formula is C17H26N2. The van der Waals surface area contributed by atoms with E-state index >= 15 is 0 Å². The van der Waals surface area contributed by atoms with Gasteiger partial charge in [0.05, 0.1) is 0 Å². The third-order valence-electron chi connectivity index (χ3n) is 4.73. The van der Waals surface area contributed by atoms with Crippen molar-refractivity contribution in [3.63, 3.8) is 0 Å². The molecule has 1 aromatic carbocycles. The molecule has 2 atom stereocenters. The van der Waals surface area contributed by atoms with Gasteiger partial charge in [0.2, 0.25) is 0 Å². The zero-order valence-corrected chi connectivity index (χ0v) is 11.9. The molecule has 2 aliphatic heterocycles. The van der Waals surface area contributed by atoms with E-state index in [4.69, 9.17) is 0 Å². The van der Waals surface area contributed by atoms with Crippen LogP contribution in [0.4, 0.5) is 0 Å². The second kappa shape index (κ2) is 6.53. The zero-order valence-electron chi connectivity index (χ0n) is 11.9. The van der Waals surface area contributed by atoms with E-state index in [0.717, 1.165) is 12.1 Å². The molecule has 2 heterocycles. The Kier molecular flexibility index (Phi) is 4.52. The van der Waals surface area contributed by atoms with Crippen molar-refractivity contribution in [1.82, 2.24) is 10.2 Å². The molecule has 2 unspecified atom stereocenters. The lowest BCUT2D eigenvalue weighted by Gasteiger charge is -2.29. The second-order valence-electron chi connectivity index (χ2n) is 6.04. The fraction of sp³-hybridized carbons (Fsp3) is 0.647. The highest BCUT2D eigenvalue weighted by Gasteiger charge is 2.32. The average Bonchev–Trinajstić information content (AvgIpc) is 3.10. The van der Waals surface area contributed by atoms with Crippen LogP contribution in [-0.4, -0.2) is 36.6 Å². The Balaban J connectivity index is 1.46. The van der Waals surface area contributed by atoms with Gasteiger partial charge in [0.25, 0.3) is 0 Å². The molecular weight excluding hydrogens is 232 g/mol. The molecule has 2 nitrogen and oxygen atoms in total. The Morgan fingerprint density at radius 2 is 2.00 bits per heavy atom. The summed E-state index contributed by atoms with van der Waals surface area (Å²) in [4.78, 5) is 2.74. The van der Waals surface area contributed by atoms with Crippen LogP contribution in [0, 0.1) is 0 Å². The van der Waals surface area contributed by atoms with Gasteiger partial charge in [0.15, 0.2) is 0 Å². The van der Waals surface area contributed by atoms with Gasteiger partial charge in [-0.15, -0.1) is 0 Å². The molecule has 2 saturated heterocycles. The molecule has 0 aliphatic carbocycles. The van der Waals surface area contributed by atoms with Crippen LogP contribution in [0.15, 0.2) is 30.3 Å². The van der Waals surface area contributed by atoms with Gasteiger partial charge in [-0.3, -0.25) is 4.90 Å². The third-order valence-corrected chi connectivity index (χ3v) is 4.73. The molecule has 0 radical (unpaired) electrons. The Hall–Kier alpha value is -0.860. The lowest BCUT2D eigenvalue weighted by molar-refractivity contribution is 0.212. The van der Waals surface area contributed by atoms with Crippen LogP contribution < -0.4 is 5.32 Å². The predicted octanol–water partition coefficient (Wildman–Crippen LogP) is 2.84. The molecule has 104 valence electrons. The minimum Gasteiger partial charge on any atom is -0.312 e. The number of hydrogen-bond acceptors (Lipinski definition) is 2. The summed E-state index contributed by atoms with van der Waals surface area (Å²) in [6.07, 6.45) is 8.09. The molecule has 0 amide bonds. The first-order valence-corrected chi connectivity index (χ1v) is 7.95. The topological polar surface area (TPSA) is 15.3 Å². The molecule has 0 bridgehead atoms. The minimum atomic E-state index is 0.777. The van der Waals surface area contributed by atoms with E-state index in [0.29, 0.717) is 0 Å². The van der Waals surface area contributed by atoms with Crippen LogP contribution >= 0.6 is 0 Å². The van der Waals surface area contributed by atoms with Crippen LogP contribution in [0.1, 0.15) is 37.7 Å². The van der Waals surface area contributed by atoms with E-state index in [9.17, 15) is 0 Å². The number of hydrogen-bond donors (Lipinski definition) is 1. The van der Waals surface area contributed by atoms with Crippen LogP contribution in [0.3, 0.4) is 0 Å². The maximum atomic E-state index is 3.69. The fourth-order valence-electron chi connectivity index (χ4n) is 3.76. The molecule has 0 saturated carbocycles. The molecule has 1 N–H and O–H groups in total. The highest BCUT2D eigenvalue weighted by molar-refractivity contribution is 5.14.